The van der Waals surface area contributed by atoms with E-state index in [-0.39, 0.29) is 17.9 Å². The van der Waals surface area contributed by atoms with Crippen molar-refractivity contribution in [1.82, 2.24) is 10.2 Å². The summed E-state index contributed by atoms with van der Waals surface area (Å²) < 4.78 is 0. The molecule has 1 fully saturated rings. The molecule has 0 bridgehead atoms. The summed E-state index contributed by atoms with van der Waals surface area (Å²) in [5.41, 5.74) is 2.82. The summed E-state index contributed by atoms with van der Waals surface area (Å²) in [5.74, 6) is -0.129. The van der Waals surface area contributed by atoms with Crippen molar-refractivity contribution in [3.63, 3.8) is 0 Å². The zero-order valence-electron chi connectivity index (χ0n) is 14.4. The SMILES string of the molecule is CNC(=O)[C@@H]1CCCN(C(=O)Nc2ccccc2-c2ccccc2)C1. The summed E-state index contributed by atoms with van der Waals surface area (Å²) in [7, 11) is 1.64. The van der Waals surface area contributed by atoms with Gasteiger partial charge in [-0.1, -0.05) is 48.5 Å². The maximum atomic E-state index is 12.7. The Morgan fingerprint density at radius 3 is 2.52 bits per heavy atom. The van der Waals surface area contributed by atoms with Crippen molar-refractivity contribution in [2.24, 2.45) is 5.92 Å². The fourth-order valence-electron chi connectivity index (χ4n) is 3.24. The van der Waals surface area contributed by atoms with Crippen molar-refractivity contribution in [3.8, 4) is 11.1 Å². The molecule has 0 unspecified atom stereocenters. The molecular formula is C20H23N3O2. The minimum Gasteiger partial charge on any atom is -0.359 e. The second-order valence-corrected chi connectivity index (χ2v) is 6.24. The highest BCUT2D eigenvalue weighted by atomic mass is 16.2. The number of nitrogens with one attached hydrogen (secondary N) is 2. The molecule has 3 rings (SSSR count). The minimum atomic E-state index is -0.156. The number of urea groups is 1. The normalized spacial score (nSPS) is 17.0. The van der Waals surface area contributed by atoms with Crippen LogP contribution in [0.2, 0.25) is 0 Å². The van der Waals surface area contributed by atoms with Gasteiger partial charge < -0.3 is 15.5 Å². The summed E-state index contributed by atoms with van der Waals surface area (Å²) >= 11 is 0. The number of carbonyl (C=O) groups excluding carboxylic acids is 2. The van der Waals surface area contributed by atoms with Crippen LogP contribution in [0.3, 0.4) is 0 Å². The van der Waals surface area contributed by atoms with Gasteiger partial charge in [0.15, 0.2) is 0 Å². The molecule has 3 amide bonds. The number of benzene rings is 2. The van der Waals surface area contributed by atoms with Gasteiger partial charge in [-0.2, -0.15) is 0 Å². The molecule has 1 aliphatic rings. The highest BCUT2D eigenvalue weighted by molar-refractivity contribution is 5.94. The molecule has 130 valence electrons. The number of para-hydroxylation sites is 1. The van der Waals surface area contributed by atoms with Gasteiger partial charge in [-0.3, -0.25) is 4.79 Å². The lowest BCUT2D eigenvalue weighted by Crippen LogP contribution is -2.46. The number of amides is 3. The van der Waals surface area contributed by atoms with E-state index in [0.29, 0.717) is 13.1 Å². The van der Waals surface area contributed by atoms with Crippen molar-refractivity contribution >= 4 is 17.6 Å². The molecule has 1 aliphatic heterocycles. The predicted molar refractivity (Wildman–Crippen MR) is 99.3 cm³/mol. The van der Waals surface area contributed by atoms with Crippen LogP contribution in [-0.4, -0.2) is 37.0 Å². The van der Waals surface area contributed by atoms with Gasteiger partial charge >= 0.3 is 6.03 Å². The van der Waals surface area contributed by atoms with Crippen molar-refractivity contribution in [1.29, 1.82) is 0 Å². The number of rotatable bonds is 3. The number of carbonyl (C=O) groups is 2. The Hall–Kier alpha value is -2.82. The van der Waals surface area contributed by atoms with E-state index in [2.05, 4.69) is 10.6 Å². The van der Waals surface area contributed by atoms with Crippen LogP contribution in [0.5, 0.6) is 0 Å². The molecule has 5 nitrogen and oxygen atoms in total. The number of hydrogen-bond donors (Lipinski definition) is 2. The second kappa shape index (κ2) is 7.83. The van der Waals surface area contributed by atoms with Gasteiger partial charge in [0.2, 0.25) is 5.91 Å². The Morgan fingerprint density at radius 1 is 1.04 bits per heavy atom. The van der Waals surface area contributed by atoms with Crippen LogP contribution in [0.1, 0.15) is 12.8 Å². The number of hydrogen-bond acceptors (Lipinski definition) is 2. The quantitative estimate of drug-likeness (QED) is 0.902. The summed E-state index contributed by atoms with van der Waals surface area (Å²) in [5, 5.41) is 5.69. The van der Waals surface area contributed by atoms with Crippen molar-refractivity contribution in [2.45, 2.75) is 12.8 Å². The van der Waals surface area contributed by atoms with E-state index in [1.54, 1.807) is 11.9 Å². The summed E-state index contributed by atoms with van der Waals surface area (Å²) in [6, 6.07) is 17.6. The van der Waals surface area contributed by atoms with Gasteiger partial charge in [0, 0.05) is 25.7 Å². The topological polar surface area (TPSA) is 61.4 Å². The Balaban J connectivity index is 1.74. The third-order valence-electron chi connectivity index (χ3n) is 4.58. The summed E-state index contributed by atoms with van der Waals surface area (Å²) in [6.07, 6.45) is 1.66. The maximum absolute atomic E-state index is 12.7. The molecule has 0 aromatic heterocycles. The molecule has 1 saturated heterocycles. The van der Waals surface area contributed by atoms with E-state index in [1.165, 1.54) is 0 Å². The van der Waals surface area contributed by atoms with E-state index in [1.807, 2.05) is 54.6 Å². The van der Waals surface area contributed by atoms with Gasteiger partial charge in [-0.15, -0.1) is 0 Å². The first-order valence-corrected chi connectivity index (χ1v) is 8.61. The standard InChI is InChI=1S/C20H23N3O2/c1-21-19(24)16-10-7-13-23(14-16)20(25)22-18-12-6-5-11-17(18)15-8-3-2-4-9-15/h2-6,8-9,11-12,16H,7,10,13-14H2,1H3,(H,21,24)(H,22,25)/t16-/m1/s1. The van der Waals surface area contributed by atoms with E-state index in [4.69, 9.17) is 0 Å². The van der Waals surface area contributed by atoms with E-state index in [0.717, 1.165) is 29.7 Å². The minimum absolute atomic E-state index is 0.00202. The van der Waals surface area contributed by atoms with Crippen molar-refractivity contribution in [2.75, 3.05) is 25.5 Å². The van der Waals surface area contributed by atoms with E-state index < -0.39 is 0 Å². The molecule has 5 heteroatoms. The van der Waals surface area contributed by atoms with E-state index >= 15 is 0 Å². The van der Waals surface area contributed by atoms with Crippen LogP contribution in [0.25, 0.3) is 11.1 Å². The first kappa shape index (κ1) is 17.0. The molecule has 2 aromatic rings. The van der Waals surface area contributed by atoms with Crippen LogP contribution in [0.15, 0.2) is 54.6 Å². The highest BCUT2D eigenvalue weighted by Crippen LogP contribution is 2.28. The van der Waals surface area contributed by atoms with Gasteiger partial charge in [0.05, 0.1) is 11.6 Å². The second-order valence-electron chi connectivity index (χ2n) is 6.24. The molecule has 25 heavy (non-hydrogen) atoms. The molecule has 2 aromatic carbocycles. The number of piperidine rings is 1. The summed E-state index contributed by atoms with van der Waals surface area (Å²) in [6.45, 7) is 1.13. The molecule has 0 saturated carbocycles. The predicted octanol–water partition coefficient (Wildman–Crippen LogP) is 3.34. The number of likely N-dealkylation sites (tertiary alicyclic amines) is 1. The van der Waals surface area contributed by atoms with Gasteiger partial charge in [0.25, 0.3) is 0 Å². The fraction of sp³-hybridized carbons (Fsp3) is 0.300. The first-order valence-electron chi connectivity index (χ1n) is 8.61. The average Bonchev–Trinajstić information content (AvgIpc) is 2.68. The smallest absolute Gasteiger partial charge is 0.321 e. The van der Waals surface area contributed by atoms with Crippen LogP contribution in [0, 0.1) is 5.92 Å². The van der Waals surface area contributed by atoms with Crippen molar-refractivity contribution < 1.29 is 9.59 Å². The summed E-state index contributed by atoms with van der Waals surface area (Å²) in [4.78, 5) is 26.3. The third-order valence-corrected chi connectivity index (χ3v) is 4.58. The largest absolute Gasteiger partial charge is 0.359 e. The lowest BCUT2D eigenvalue weighted by atomic mass is 9.97. The molecule has 0 radical (unpaired) electrons. The number of anilines is 1. The Labute approximate surface area is 148 Å². The average molecular weight is 337 g/mol. The first-order chi connectivity index (χ1) is 12.2. The Morgan fingerprint density at radius 2 is 1.76 bits per heavy atom. The van der Waals surface area contributed by atoms with Crippen LogP contribution < -0.4 is 10.6 Å². The highest BCUT2D eigenvalue weighted by Gasteiger charge is 2.28. The molecule has 1 heterocycles. The monoisotopic (exact) mass is 337 g/mol. The fourth-order valence-corrected chi connectivity index (χ4v) is 3.24. The molecule has 0 aliphatic carbocycles. The van der Waals surface area contributed by atoms with Crippen LogP contribution >= 0.6 is 0 Å². The van der Waals surface area contributed by atoms with Gasteiger partial charge in [-0.25, -0.2) is 4.79 Å². The number of nitrogens with zero attached hydrogens (tertiary/aromatic N) is 1. The molecular weight excluding hydrogens is 314 g/mol. The van der Waals surface area contributed by atoms with Gasteiger partial charge in [0.1, 0.15) is 0 Å². The Kier molecular flexibility index (Phi) is 5.33. The van der Waals surface area contributed by atoms with E-state index in [9.17, 15) is 9.59 Å². The zero-order valence-corrected chi connectivity index (χ0v) is 14.4. The third kappa shape index (κ3) is 3.99. The van der Waals surface area contributed by atoms with Crippen molar-refractivity contribution in [3.05, 3.63) is 54.6 Å². The zero-order chi connectivity index (χ0) is 17.6. The lowest BCUT2D eigenvalue weighted by Gasteiger charge is -2.32. The van der Waals surface area contributed by atoms with Crippen LogP contribution in [-0.2, 0) is 4.79 Å². The molecule has 1 atom stereocenters. The lowest BCUT2D eigenvalue weighted by molar-refractivity contribution is -0.125. The van der Waals surface area contributed by atoms with Crippen LogP contribution in [0.4, 0.5) is 10.5 Å². The molecule has 0 spiro atoms. The Bertz CT molecular complexity index is 746. The van der Waals surface area contributed by atoms with Gasteiger partial charge in [-0.05, 0) is 24.5 Å². The maximum Gasteiger partial charge on any atom is 0.321 e. The molecule has 2 N–H and O–H groups in total.